The summed E-state index contributed by atoms with van der Waals surface area (Å²) in [5, 5.41) is 6.41. The van der Waals surface area contributed by atoms with Gasteiger partial charge in [0.25, 0.3) is 0 Å². The van der Waals surface area contributed by atoms with Crippen LogP contribution in [0.2, 0.25) is 0 Å². The molecule has 1 saturated heterocycles. The standard InChI is InChI=1S/C19H29F3N4O2/c1-3-23-18(24-6-7-26-8-10-27-11-9-26)25-13-16-5-4-15(2)12-17(16)28-14-19(20,21)22/h4-5,12H,3,6-11,13-14H2,1-2H3,(H2,23,24,25). The monoisotopic (exact) mass is 402 g/mol. The normalized spacial score (nSPS) is 16.1. The van der Waals surface area contributed by atoms with E-state index in [1.165, 1.54) is 0 Å². The molecule has 9 heteroatoms. The summed E-state index contributed by atoms with van der Waals surface area (Å²) in [6.45, 7) is 8.30. The summed E-state index contributed by atoms with van der Waals surface area (Å²) >= 11 is 0. The third kappa shape index (κ3) is 8.35. The highest BCUT2D eigenvalue weighted by atomic mass is 19.4. The van der Waals surface area contributed by atoms with Gasteiger partial charge in [-0.15, -0.1) is 0 Å². The molecule has 0 aromatic heterocycles. The van der Waals surface area contributed by atoms with E-state index in [-0.39, 0.29) is 12.3 Å². The maximum atomic E-state index is 12.5. The van der Waals surface area contributed by atoms with Gasteiger partial charge in [0, 0.05) is 38.3 Å². The van der Waals surface area contributed by atoms with Crippen LogP contribution in [0.3, 0.4) is 0 Å². The first kappa shape index (κ1) is 22.3. The van der Waals surface area contributed by atoms with Crippen LogP contribution in [0.1, 0.15) is 18.1 Å². The van der Waals surface area contributed by atoms with Crippen LogP contribution in [-0.4, -0.2) is 69.6 Å². The predicted octanol–water partition coefficient (Wildman–Crippen LogP) is 2.32. The summed E-state index contributed by atoms with van der Waals surface area (Å²) in [4.78, 5) is 6.80. The third-order valence-electron chi connectivity index (χ3n) is 4.19. The fourth-order valence-corrected chi connectivity index (χ4v) is 2.75. The van der Waals surface area contributed by atoms with Crippen LogP contribution in [0.25, 0.3) is 0 Å². The number of halogens is 3. The van der Waals surface area contributed by atoms with E-state index in [0.29, 0.717) is 18.1 Å². The van der Waals surface area contributed by atoms with Crippen molar-refractivity contribution >= 4 is 5.96 Å². The number of aryl methyl sites for hydroxylation is 1. The molecule has 1 aromatic carbocycles. The Kier molecular flexibility index (Phi) is 8.85. The third-order valence-corrected chi connectivity index (χ3v) is 4.19. The van der Waals surface area contributed by atoms with Gasteiger partial charge < -0.3 is 20.1 Å². The highest BCUT2D eigenvalue weighted by Crippen LogP contribution is 2.24. The molecular weight excluding hydrogens is 373 g/mol. The van der Waals surface area contributed by atoms with Crippen LogP contribution >= 0.6 is 0 Å². The Balaban J connectivity index is 1.94. The van der Waals surface area contributed by atoms with Crippen LogP contribution in [-0.2, 0) is 11.3 Å². The lowest BCUT2D eigenvalue weighted by Crippen LogP contribution is -2.44. The Morgan fingerprint density at radius 2 is 2.00 bits per heavy atom. The van der Waals surface area contributed by atoms with Gasteiger partial charge in [0.2, 0.25) is 0 Å². The number of nitrogens with zero attached hydrogens (tertiary/aromatic N) is 2. The summed E-state index contributed by atoms with van der Waals surface area (Å²) in [6.07, 6.45) is -4.37. The van der Waals surface area contributed by atoms with Crippen molar-refractivity contribution in [2.45, 2.75) is 26.6 Å². The molecule has 1 heterocycles. The minimum atomic E-state index is -4.37. The van der Waals surface area contributed by atoms with Gasteiger partial charge in [0.05, 0.1) is 19.8 Å². The number of hydrogen-bond donors (Lipinski definition) is 2. The number of rotatable bonds is 8. The molecule has 6 nitrogen and oxygen atoms in total. The number of guanidine groups is 1. The molecule has 2 N–H and O–H groups in total. The molecular formula is C19H29F3N4O2. The molecule has 28 heavy (non-hydrogen) atoms. The van der Waals surface area contributed by atoms with Crippen molar-refractivity contribution in [1.29, 1.82) is 0 Å². The molecule has 0 unspecified atom stereocenters. The van der Waals surface area contributed by atoms with Crippen LogP contribution in [0, 0.1) is 6.92 Å². The molecule has 0 spiro atoms. The summed E-state index contributed by atoms with van der Waals surface area (Å²) in [7, 11) is 0. The first-order valence-corrected chi connectivity index (χ1v) is 9.48. The molecule has 0 aliphatic carbocycles. The van der Waals surface area contributed by atoms with Crippen molar-refractivity contribution in [1.82, 2.24) is 15.5 Å². The highest BCUT2D eigenvalue weighted by molar-refractivity contribution is 5.79. The predicted molar refractivity (Wildman–Crippen MR) is 103 cm³/mol. The minimum absolute atomic E-state index is 0.213. The molecule has 1 fully saturated rings. The number of aliphatic imine (C=N–C) groups is 1. The van der Waals surface area contributed by atoms with Gasteiger partial charge in [-0.1, -0.05) is 12.1 Å². The van der Waals surface area contributed by atoms with Crippen molar-refractivity contribution < 1.29 is 22.6 Å². The molecule has 0 amide bonds. The zero-order chi connectivity index (χ0) is 20.4. The van der Waals surface area contributed by atoms with Gasteiger partial charge in [-0.3, -0.25) is 4.90 Å². The summed E-state index contributed by atoms with van der Waals surface area (Å²) in [6, 6.07) is 5.20. The molecule has 0 saturated carbocycles. The van der Waals surface area contributed by atoms with Gasteiger partial charge in [-0.05, 0) is 25.5 Å². The van der Waals surface area contributed by atoms with Crippen molar-refractivity contribution in [2.75, 3.05) is 52.5 Å². The van der Waals surface area contributed by atoms with Crippen LogP contribution in [0.4, 0.5) is 13.2 Å². The molecule has 158 valence electrons. The maximum absolute atomic E-state index is 12.5. The lowest BCUT2D eigenvalue weighted by atomic mass is 10.1. The molecule has 0 bridgehead atoms. The van der Waals surface area contributed by atoms with E-state index >= 15 is 0 Å². The average Bonchev–Trinajstić information content (AvgIpc) is 2.65. The largest absolute Gasteiger partial charge is 0.484 e. The van der Waals surface area contributed by atoms with Crippen LogP contribution in [0.15, 0.2) is 23.2 Å². The van der Waals surface area contributed by atoms with Crippen LogP contribution < -0.4 is 15.4 Å². The lowest BCUT2D eigenvalue weighted by molar-refractivity contribution is -0.153. The van der Waals surface area contributed by atoms with Gasteiger partial charge in [-0.25, -0.2) is 4.99 Å². The number of benzene rings is 1. The Bertz CT molecular complexity index is 632. The smallest absolute Gasteiger partial charge is 0.422 e. The molecule has 0 radical (unpaired) electrons. The quantitative estimate of drug-likeness (QED) is 0.516. The van der Waals surface area contributed by atoms with Crippen LogP contribution in [0.5, 0.6) is 5.75 Å². The number of alkyl halides is 3. The van der Waals surface area contributed by atoms with Gasteiger partial charge in [0.1, 0.15) is 5.75 Å². The molecule has 1 aliphatic rings. The molecule has 1 aromatic rings. The van der Waals surface area contributed by atoms with Gasteiger partial charge in [-0.2, -0.15) is 13.2 Å². The zero-order valence-corrected chi connectivity index (χ0v) is 16.4. The SMILES string of the molecule is CCNC(=NCc1ccc(C)cc1OCC(F)(F)F)NCCN1CCOCC1. The second-order valence-electron chi connectivity index (χ2n) is 6.59. The van der Waals surface area contributed by atoms with Gasteiger partial charge >= 0.3 is 6.18 Å². The van der Waals surface area contributed by atoms with E-state index in [1.807, 2.05) is 19.9 Å². The van der Waals surface area contributed by atoms with Crippen molar-refractivity contribution in [3.63, 3.8) is 0 Å². The van der Waals surface area contributed by atoms with E-state index in [2.05, 4.69) is 20.5 Å². The van der Waals surface area contributed by atoms with Crippen molar-refractivity contribution in [3.8, 4) is 5.75 Å². The number of morpholine rings is 1. The van der Waals surface area contributed by atoms with Crippen molar-refractivity contribution in [3.05, 3.63) is 29.3 Å². The lowest BCUT2D eigenvalue weighted by Gasteiger charge is -2.26. The number of nitrogens with one attached hydrogen (secondary N) is 2. The number of ether oxygens (including phenoxy) is 2. The minimum Gasteiger partial charge on any atom is -0.484 e. The Labute approximate surface area is 164 Å². The fourth-order valence-electron chi connectivity index (χ4n) is 2.75. The fraction of sp³-hybridized carbons (Fsp3) is 0.632. The van der Waals surface area contributed by atoms with E-state index in [9.17, 15) is 13.2 Å². The van der Waals surface area contributed by atoms with E-state index < -0.39 is 12.8 Å². The Hall–Kier alpha value is -2.00. The zero-order valence-electron chi connectivity index (χ0n) is 16.4. The first-order chi connectivity index (χ1) is 13.4. The second kappa shape index (κ2) is 11.1. The Morgan fingerprint density at radius 1 is 1.25 bits per heavy atom. The van der Waals surface area contributed by atoms with E-state index in [0.717, 1.165) is 45.0 Å². The van der Waals surface area contributed by atoms with E-state index in [1.54, 1.807) is 12.1 Å². The number of hydrogen-bond acceptors (Lipinski definition) is 4. The highest BCUT2D eigenvalue weighted by Gasteiger charge is 2.28. The second-order valence-corrected chi connectivity index (χ2v) is 6.59. The summed E-state index contributed by atoms with van der Waals surface area (Å²) in [5.41, 5.74) is 1.45. The van der Waals surface area contributed by atoms with Crippen molar-refractivity contribution in [2.24, 2.45) is 4.99 Å². The molecule has 1 aliphatic heterocycles. The summed E-state index contributed by atoms with van der Waals surface area (Å²) in [5.74, 6) is 0.836. The topological polar surface area (TPSA) is 58.1 Å². The van der Waals surface area contributed by atoms with E-state index in [4.69, 9.17) is 9.47 Å². The maximum Gasteiger partial charge on any atom is 0.422 e. The first-order valence-electron chi connectivity index (χ1n) is 9.48. The molecule has 2 rings (SSSR count). The average molecular weight is 402 g/mol. The molecule has 0 atom stereocenters. The van der Waals surface area contributed by atoms with Gasteiger partial charge in [0.15, 0.2) is 12.6 Å². The Morgan fingerprint density at radius 3 is 2.68 bits per heavy atom. The summed E-state index contributed by atoms with van der Waals surface area (Å²) < 4.78 is 47.8.